The lowest BCUT2D eigenvalue weighted by Gasteiger charge is -2.21. The van der Waals surface area contributed by atoms with E-state index in [1.165, 1.54) is 0 Å². The summed E-state index contributed by atoms with van der Waals surface area (Å²) in [7, 11) is 0. The second kappa shape index (κ2) is 5.23. The SMILES string of the molecule is CCN(CCCO)c1ncnc2ccsc12. The van der Waals surface area contributed by atoms with E-state index in [-0.39, 0.29) is 6.61 Å². The molecule has 2 aromatic heterocycles. The van der Waals surface area contributed by atoms with Crippen LogP contribution in [-0.2, 0) is 0 Å². The van der Waals surface area contributed by atoms with Gasteiger partial charge in [-0.2, -0.15) is 0 Å². The maximum Gasteiger partial charge on any atom is 0.150 e. The van der Waals surface area contributed by atoms with Gasteiger partial charge < -0.3 is 10.0 Å². The number of hydrogen-bond donors (Lipinski definition) is 1. The van der Waals surface area contributed by atoms with Gasteiger partial charge in [0.25, 0.3) is 0 Å². The van der Waals surface area contributed by atoms with Crippen molar-refractivity contribution in [3.05, 3.63) is 17.8 Å². The molecule has 0 atom stereocenters. The van der Waals surface area contributed by atoms with Gasteiger partial charge in [-0.1, -0.05) is 0 Å². The number of rotatable bonds is 5. The van der Waals surface area contributed by atoms with E-state index < -0.39 is 0 Å². The molecule has 2 heterocycles. The molecule has 0 unspecified atom stereocenters. The topological polar surface area (TPSA) is 49.2 Å². The number of aromatic nitrogens is 2. The predicted octanol–water partition coefficient (Wildman–Crippen LogP) is 1.90. The zero-order valence-corrected chi connectivity index (χ0v) is 10.1. The van der Waals surface area contributed by atoms with Crippen LogP contribution in [0, 0.1) is 0 Å². The fourth-order valence-corrected chi connectivity index (χ4v) is 2.54. The van der Waals surface area contributed by atoms with Gasteiger partial charge in [0.15, 0.2) is 0 Å². The highest BCUT2D eigenvalue weighted by Gasteiger charge is 2.11. The van der Waals surface area contributed by atoms with Crippen LogP contribution in [0.5, 0.6) is 0 Å². The zero-order chi connectivity index (χ0) is 11.4. The third-order valence-corrected chi connectivity index (χ3v) is 3.39. The van der Waals surface area contributed by atoms with Crippen LogP contribution in [0.1, 0.15) is 13.3 Å². The quantitative estimate of drug-likeness (QED) is 0.863. The van der Waals surface area contributed by atoms with Gasteiger partial charge in [0.1, 0.15) is 12.1 Å². The molecular formula is C11H15N3OS. The Morgan fingerprint density at radius 1 is 1.44 bits per heavy atom. The highest BCUT2D eigenvalue weighted by Crippen LogP contribution is 2.27. The molecule has 16 heavy (non-hydrogen) atoms. The molecule has 0 radical (unpaired) electrons. The Kier molecular flexibility index (Phi) is 3.69. The van der Waals surface area contributed by atoms with Crippen molar-refractivity contribution in [2.45, 2.75) is 13.3 Å². The molecule has 0 spiro atoms. The zero-order valence-electron chi connectivity index (χ0n) is 9.26. The van der Waals surface area contributed by atoms with Gasteiger partial charge in [-0.05, 0) is 24.8 Å². The van der Waals surface area contributed by atoms with Crippen molar-refractivity contribution in [3.8, 4) is 0 Å². The first kappa shape index (κ1) is 11.3. The standard InChI is InChI=1S/C11H15N3OS/c1-2-14(5-3-6-15)11-10-9(4-7-16-10)12-8-13-11/h4,7-8,15H,2-3,5-6H2,1H3. The molecule has 0 fully saturated rings. The molecule has 4 nitrogen and oxygen atoms in total. The number of aliphatic hydroxyl groups is 1. The van der Waals surface area contributed by atoms with E-state index in [4.69, 9.17) is 5.11 Å². The highest BCUT2D eigenvalue weighted by atomic mass is 32.1. The van der Waals surface area contributed by atoms with Crippen molar-refractivity contribution >= 4 is 27.4 Å². The summed E-state index contributed by atoms with van der Waals surface area (Å²) < 4.78 is 1.13. The number of nitrogens with zero attached hydrogens (tertiary/aromatic N) is 3. The van der Waals surface area contributed by atoms with Gasteiger partial charge in [-0.3, -0.25) is 0 Å². The Labute approximate surface area is 98.6 Å². The van der Waals surface area contributed by atoms with Gasteiger partial charge in [0.05, 0.1) is 10.2 Å². The predicted molar refractivity (Wildman–Crippen MR) is 67.0 cm³/mol. The van der Waals surface area contributed by atoms with Gasteiger partial charge in [-0.15, -0.1) is 11.3 Å². The largest absolute Gasteiger partial charge is 0.396 e. The molecule has 2 aromatic rings. The second-order valence-corrected chi connectivity index (χ2v) is 4.41. The van der Waals surface area contributed by atoms with Crippen LogP contribution in [0.2, 0.25) is 0 Å². The van der Waals surface area contributed by atoms with Crippen molar-refractivity contribution in [1.82, 2.24) is 9.97 Å². The Bertz CT molecular complexity index is 457. The summed E-state index contributed by atoms with van der Waals surface area (Å²) in [6, 6.07) is 2.01. The molecule has 0 aliphatic carbocycles. The molecule has 0 aromatic carbocycles. The molecule has 2 rings (SSSR count). The van der Waals surface area contributed by atoms with Crippen molar-refractivity contribution in [2.75, 3.05) is 24.6 Å². The molecule has 0 saturated heterocycles. The minimum Gasteiger partial charge on any atom is -0.396 e. The van der Waals surface area contributed by atoms with E-state index in [9.17, 15) is 0 Å². The molecular weight excluding hydrogens is 222 g/mol. The van der Waals surface area contributed by atoms with Gasteiger partial charge >= 0.3 is 0 Å². The number of anilines is 1. The molecule has 1 N–H and O–H groups in total. The van der Waals surface area contributed by atoms with Crippen LogP contribution in [-0.4, -0.2) is 34.8 Å². The molecule has 0 aliphatic heterocycles. The third kappa shape index (κ3) is 2.15. The van der Waals surface area contributed by atoms with Gasteiger partial charge in [-0.25, -0.2) is 9.97 Å². The molecule has 86 valence electrons. The Balaban J connectivity index is 2.32. The fourth-order valence-electron chi connectivity index (χ4n) is 1.68. The van der Waals surface area contributed by atoms with E-state index in [0.717, 1.165) is 35.5 Å². The van der Waals surface area contributed by atoms with Gasteiger partial charge in [0.2, 0.25) is 0 Å². The molecule has 0 amide bonds. The minimum atomic E-state index is 0.217. The Morgan fingerprint density at radius 2 is 2.31 bits per heavy atom. The summed E-state index contributed by atoms with van der Waals surface area (Å²) in [5.41, 5.74) is 0.998. The number of fused-ring (bicyclic) bond motifs is 1. The molecule has 5 heteroatoms. The van der Waals surface area contributed by atoms with E-state index in [2.05, 4.69) is 21.8 Å². The average molecular weight is 237 g/mol. The van der Waals surface area contributed by atoms with E-state index in [0.29, 0.717) is 0 Å². The van der Waals surface area contributed by atoms with Crippen LogP contribution in [0.15, 0.2) is 17.8 Å². The van der Waals surface area contributed by atoms with Crippen LogP contribution in [0.4, 0.5) is 5.82 Å². The lowest BCUT2D eigenvalue weighted by molar-refractivity contribution is 0.289. The van der Waals surface area contributed by atoms with Crippen LogP contribution in [0.25, 0.3) is 10.2 Å². The number of thiophene rings is 1. The monoisotopic (exact) mass is 237 g/mol. The Morgan fingerprint density at radius 3 is 3.06 bits per heavy atom. The third-order valence-electron chi connectivity index (χ3n) is 2.49. The first-order valence-corrected chi connectivity index (χ1v) is 6.28. The Hall–Kier alpha value is -1.20. The lowest BCUT2D eigenvalue weighted by atomic mass is 10.3. The van der Waals surface area contributed by atoms with Gasteiger partial charge in [0, 0.05) is 19.7 Å². The number of hydrogen-bond acceptors (Lipinski definition) is 5. The van der Waals surface area contributed by atoms with Crippen molar-refractivity contribution in [2.24, 2.45) is 0 Å². The molecule has 0 aliphatic rings. The normalized spacial score (nSPS) is 10.9. The fraction of sp³-hybridized carbons (Fsp3) is 0.455. The summed E-state index contributed by atoms with van der Waals surface area (Å²) in [5.74, 6) is 0.982. The number of aliphatic hydroxyl groups excluding tert-OH is 1. The smallest absolute Gasteiger partial charge is 0.150 e. The first-order valence-electron chi connectivity index (χ1n) is 5.40. The molecule has 0 saturated carbocycles. The van der Waals surface area contributed by atoms with Crippen LogP contribution in [0.3, 0.4) is 0 Å². The summed E-state index contributed by atoms with van der Waals surface area (Å²) >= 11 is 1.66. The second-order valence-electron chi connectivity index (χ2n) is 3.49. The van der Waals surface area contributed by atoms with Crippen molar-refractivity contribution < 1.29 is 5.11 Å². The van der Waals surface area contributed by atoms with Crippen LogP contribution < -0.4 is 4.90 Å². The van der Waals surface area contributed by atoms with Crippen LogP contribution >= 0.6 is 11.3 Å². The molecule has 0 bridgehead atoms. The van der Waals surface area contributed by atoms with Crippen molar-refractivity contribution in [1.29, 1.82) is 0 Å². The average Bonchev–Trinajstić information content (AvgIpc) is 2.78. The van der Waals surface area contributed by atoms with E-state index >= 15 is 0 Å². The summed E-state index contributed by atoms with van der Waals surface area (Å²) in [6.45, 7) is 4.04. The maximum atomic E-state index is 8.87. The summed E-state index contributed by atoms with van der Waals surface area (Å²) in [6.07, 6.45) is 2.37. The minimum absolute atomic E-state index is 0.217. The van der Waals surface area contributed by atoms with Crippen molar-refractivity contribution in [3.63, 3.8) is 0 Å². The first-order chi connectivity index (χ1) is 7.86. The van der Waals surface area contributed by atoms with E-state index in [1.807, 2.05) is 11.4 Å². The maximum absolute atomic E-state index is 8.87. The van der Waals surface area contributed by atoms with E-state index in [1.54, 1.807) is 17.7 Å². The summed E-state index contributed by atoms with van der Waals surface area (Å²) in [4.78, 5) is 10.7. The highest BCUT2D eigenvalue weighted by molar-refractivity contribution is 7.17. The lowest BCUT2D eigenvalue weighted by Crippen LogP contribution is -2.25. The summed E-state index contributed by atoms with van der Waals surface area (Å²) in [5, 5.41) is 10.9.